The highest BCUT2D eigenvalue weighted by atomic mass is 16.5. The molecule has 1 N–H and O–H groups in total. The number of methoxy groups -OCH3 is 1. The van der Waals surface area contributed by atoms with Gasteiger partial charge < -0.3 is 24.6 Å². The SMILES string of the molecule is COCCNC(=O)N1CCC(Oc2ccc(N(C)C)nn2)C1. The van der Waals surface area contributed by atoms with Crippen molar-refractivity contribution in [3.8, 4) is 5.88 Å². The molecule has 0 radical (unpaired) electrons. The van der Waals surface area contributed by atoms with E-state index in [-0.39, 0.29) is 12.1 Å². The van der Waals surface area contributed by atoms with Crippen LogP contribution in [0.2, 0.25) is 0 Å². The summed E-state index contributed by atoms with van der Waals surface area (Å²) >= 11 is 0. The van der Waals surface area contributed by atoms with Crippen LogP contribution < -0.4 is 15.0 Å². The Balaban J connectivity index is 1.79. The number of ether oxygens (including phenoxy) is 2. The van der Waals surface area contributed by atoms with E-state index in [1.807, 2.05) is 25.1 Å². The smallest absolute Gasteiger partial charge is 0.317 e. The Hall–Kier alpha value is -2.09. The zero-order chi connectivity index (χ0) is 15.9. The number of urea groups is 1. The van der Waals surface area contributed by atoms with Crippen molar-refractivity contribution in [2.75, 3.05) is 52.3 Å². The maximum Gasteiger partial charge on any atom is 0.317 e. The van der Waals surface area contributed by atoms with Crippen LogP contribution in [0.15, 0.2) is 12.1 Å². The molecule has 122 valence electrons. The fourth-order valence-corrected chi connectivity index (χ4v) is 2.17. The van der Waals surface area contributed by atoms with Gasteiger partial charge in [-0.2, -0.15) is 0 Å². The standard InChI is InChI=1S/C14H23N5O3/c1-18(2)12-4-5-13(17-16-12)22-11-6-8-19(10-11)14(20)15-7-9-21-3/h4-5,11H,6-10H2,1-3H3,(H,15,20). The van der Waals surface area contributed by atoms with E-state index in [1.165, 1.54) is 0 Å². The van der Waals surface area contributed by atoms with E-state index in [1.54, 1.807) is 18.1 Å². The summed E-state index contributed by atoms with van der Waals surface area (Å²) in [6.07, 6.45) is 0.738. The van der Waals surface area contributed by atoms with Crippen LogP contribution in [0, 0.1) is 0 Å². The minimum Gasteiger partial charge on any atom is -0.471 e. The number of hydrogen-bond donors (Lipinski definition) is 1. The van der Waals surface area contributed by atoms with Crippen LogP contribution in [0.4, 0.5) is 10.6 Å². The summed E-state index contributed by atoms with van der Waals surface area (Å²) in [5.41, 5.74) is 0. The molecule has 0 spiro atoms. The first-order valence-corrected chi connectivity index (χ1v) is 7.29. The van der Waals surface area contributed by atoms with Crippen LogP contribution >= 0.6 is 0 Å². The normalized spacial score (nSPS) is 17.4. The van der Waals surface area contributed by atoms with Gasteiger partial charge in [-0.15, -0.1) is 10.2 Å². The molecule has 8 heteroatoms. The third kappa shape index (κ3) is 4.45. The van der Waals surface area contributed by atoms with Crippen molar-refractivity contribution in [2.45, 2.75) is 12.5 Å². The van der Waals surface area contributed by atoms with Crippen molar-refractivity contribution in [1.29, 1.82) is 0 Å². The average Bonchev–Trinajstić information content (AvgIpc) is 2.96. The van der Waals surface area contributed by atoms with Gasteiger partial charge >= 0.3 is 6.03 Å². The Kier molecular flexibility index (Phi) is 5.76. The maximum absolute atomic E-state index is 11.9. The van der Waals surface area contributed by atoms with E-state index in [4.69, 9.17) is 9.47 Å². The fourth-order valence-electron chi connectivity index (χ4n) is 2.17. The number of nitrogens with one attached hydrogen (secondary N) is 1. The molecule has 2 heterocycles. The molecule has 8 nitrogen and oxygen atoms in total. The fraction of sp³-hybridized carbons (Fsp3) is 0.643. The number of likely N-dealkylation sites (tertiary alicyclic amines) is 1. The van der Waals surface area contributed by atoms with Crippen molar-refractivity contribution in [2.24, 2.45) is 0 Å². The second-order valence-corrected chi connectivity index (χ2v) is 5.32. The third-order valence-corrected chi connectivity index (χ3v) is 3.39. The average molecular weight is 309 g/mol. The molecule has 0 bridgehead atoms. The number of amides is 2. The first kappa shape index (κ1) is 16.3. The number of carbonyl (C=O) groups excluding carboxylic acids is 1. The second kappa shape index (κ2) is 7.79. The number of carbonyl (C=O) groups is 1. The van der Waals surface area contributed by atoms with Crippen LogP contribution in [0.3, 0.4) is 0 Å². The van der Waals surface area contributed by atoms with Crippen LogP contribution in [0.25, 0.3) is 0 Å². The van der Waals surface area contributed by atoms with Gasteiger partial charge in [-0.25, -0.2) is 4.79 Å². The number of hydrogen-bond acceptors (Lipinski definition) is 6. The van der Waals surface area contributed by atoms with E-state index < -0.39 is 0 Å². The van der Waals surface area contributed by atoms with E-state index in [2.05, 4.69) is 15.5 Å². The monoisotopic (exact) mass is 309 g/mol. The van der Waals surface area contributed by atoms with E-state index in [9.17, 15) is 4.79 Å². The lowest BCUT2D eigenvalue weighted by Gasteiger charge is -2.17. The van der Waals surface area contributed by atoms with Crippen LogP contribution in [0.1, 0.15) is 6.42 Å². The predicted molar refractivity (Wildman–Crippen MR) is 82.2 cm³/mol. The van der Waals surface area contributed by atoms with Gasteiger partial charge in [-0.1, -0.05) is 0 Å². The number of aromatic nitrogens is 2. The van der Waals surface area contributed by atoms with Gasteiger partial charge in [-0.05, 0) is 6.07 Å². The minimum absolute atomic E-state index is 0.0484. The number of anilines is 1. The highest BCUT2D eigenvalue weighted by Gasteiger charge is 2.27. The molecule has 1 unspecified atom stereocenters. The second-order valence-electron chi connectivity index (χ2n) is 5.32. The molecule has 0 aliphatic carbocycles. The Morgan fingerprint density at radius 2 is 2.27 bits per heavy atom. The molecule has 2 amide bonds. The summed E-state index contributed by atoms with van der Waals surface area (Å²) in [4.78, 5) is 15.5. The summed E-state index contributed by atoms with van der Waals surface area (Å²) in [5.74, 6) is 1.26. The zero-order valence-electron chi connectivity index (χ0n) is 13.3. The molecule has 1 fully saturated rings. The van der Waals surface area contributed by atoms with Crippen molar-refractivity contribution < 1.29 is 14.3 Å². The summed E-state index contributed by atoms with van der Waals surface area (Å²) in [6, 6.07) is 3.56. The molecule has 22 heavy (non-hydrogen) atoms. The zero-order valence-corrected chi connectivity index (χ0v) is 13.3. The minimum atomic E-state index is -0.0859. The highest BCUT2D eigenvalue weighted by Crippen LogP contribution is 2.17. The quantitative estimate of drug-likeness (QED) is 0.764. The number of rotatable bonds is 6. The van der Waals surface area contributed by atoms with Crippen LogP contribution in [-0.2, 0) is 4.74 Å². The molecule has 1 saturated heterocycles. The largest absolute Gasteiger partial charge is 0.471 e. The third-order valence-electron chi connectivity index (χ3n) is 3.39. The lowest BCUT2D eigenvalue weighted by Crippen LogP contribution is -2.40. The molecule has 0 saturated carbocycles. The summed E-state index contributed by atoms with van der Waals surface area (Å²) in [6.45, 7) is 2.24. The Morgan fingerprint density at radius 3 is 2.91 bits per heavy atom. The first-order chi connectivity index (χ1) is 10.6. The van der Waals surface area contributed by atoms with E-state index in [0.29, 0.717) is 32.1 Å². The van der Waals surface area contributed by atoms with E-state index >= 15 is 0 Å². The molecular weight excluding hydrogens is 286 g/mol. The topological polar surface area (TPSA) is 79.8 Å². The van der Waals surface area contributed by atoms with Gasteiger partial charge in [0, 0.05) is 46.8 Å². The molecule has 1 aromatic heterocycles. The molecular formula is C14H23N5O3. The van der Waals surface area contributed by atoms with Gasteiger partial charge in [-0.3, -0.25) is 0 Å². The maximum atomic E-state index is 11.9. The van der Waals surface area contributed by atoms with Gasteiger partial charge in [0.25, 0.3) is 0 Å². The Morgan fingerprint density at radius 1 is 1.45 bits per heavy atom. The van der Waals surface area contributed by atoms with Crippen LogP contribution in [-0.4, -0.2) is 74.7 Å². The Labute approximate surface area is 130 Å². The van der Waals surface area contributed by atoms with Crippen molar-refractivity contribution in [3.63, 3.8) is 0 Å². The van der Waals surface area contributed by atoms with Crippen molar-refractivity contribution >= 4 is 11.8 Å². The Bertz CT molecular complexity index is 480. The van der Waals surface area contributed by atoms with Gasteiger partial charge in [0.05, 0.1) is 13.2 Å². The molecule has 1 aromatic rings. The lowest BCUT2D eigenvalue weighted by molar-refractivity contribution is 0.173. The molecule has 1 aliphatic rings. The summed E-state index contributed by atoms with van der Waals surface area (Å²) in [7, 11) is 5.41. The molecule has 1 aliphatic heterocycles. The molecule has 2 rings (SSSR count). The highest BCUT2D eigenvalue weighted by molar-refractivity contribution is 5.74. The lowest BCUT2D eigenvalue weighted by atomic mass is 10.3. The predicted octanol–water partition coefficient (Wildman–Crippen LogP) is 0.352. The van der Waals surface area contributed by atoms with Crippen molar-refractivity contribution in [3.05, 3.63) is 12.1 Å². The first-order valence-electron chi connectivity index (χ1n) is 7.29. The summed E-state index contributed by atoms with van der Waals surface area (Å²) in [5, 5.41) is 10.9. The summed E-state index contributed by atoms with van der Waals surface area (Å²) < 4.78 is 10.7. The van der Waals surface area contributed by atoms with Crippen LogP contribution in [0.5, 0.6) is 5.88 Å². The van der Waals surface area contributed by atoms with Gasteiger partial charge in [0.1, 0.15) is 6.10 Å². The van der Waals surface area contributed by atoms with Crippen molar-refractivity contribution in [1.82, 2.24) is 20.4 Å². The van der Waals surface area contributed by atoms with Gasteiger partial charge in [0.2, 0.25) is 5.88 Å². The van der Waals surface area contributed by atoms with Gasteiger partial charge in [0.15, 0.2) is 5.82 Å². The van der Waals surface area contributed by atoms with E-state index in [0.717, 1.165) is 12.2 Å². The molecule has 1 atom stereocenters. The molecule has 0 aromatic carbocycles. The number of nitrogens with zero attached hydrogens (tertiary/aromatic N) is 4.